The highest BCUT2D eigenvalue weighted by atomic mass is 16.5. The summed E-state index contributed by atoms with van der Waals surface area (Å²) in [7, 11) is 0. The molecular weight excluding hydrogens is 352 g/mol. The van der Waals surface area contributed by atoms with Gasteiger partial charge in [-0.1, -0.05) is 19.1 Å². The second kappa shape index (κ2) is 9.49. The van der Waals surface area contributed by atoms with Gasteiger partial charge in [0.1, 0.15) is 0 Å². The van der Waals surface area contributed by atoms with Crippen LogP contribution in [0.4, 0.5) is 5.69 Å². The van der Waals surface area contributed by atoms with Gasteiger partial charge >= 0.3 is 0 Å². The summed E-state index contributed by atoms with van der Waals surface area (Å²) in [6.07, 6.45) is 0.928. The van der Waals surface area contributed by atoms with Gasteiger partial charge in [-0.25, -0.2) is 0 Å². The molecule has 0 bridgehead atoms. The Morgan fingerprint density at radius 3 is 2.43 bits per heavy atom. The number of aryl methyl sites for hydroxylation is 1. The van der Waals surface area contributed by atoms with Gasteiger partial charge in [0, 0.05) is 37.4 Å². The van der Waals surface area contributed by atoms with Gasteiger partial charge in [-0.3, -0.25) is 4.79 Å². The van der Waals surface area contributed by atoms with E-state index in [1.54, 1.807) is 0 Å². The molecule has 1 heterocycles. The molecule has 0 radical (unpaired) electrons. The van der Waals surface area contributed by atoms with Crippen LogP contribution in [0.25, 0.3) is 0 Å². The lowest BCUT2D eigenvalue weighted by molar-refractivity contribution is 0.0746. The van der Waals surface area contributed by atoms with Crippen molar-refractivity contribution in [3.63, 3.8) is 0 Å². The number of ether oxygens (including phenoxy) is 2. The van der Waals surface area contributed by atoms with Gasteiger partial charge in [0.25, 0.3) is 5.91 Å². The van der Waals surface area contributed by atoms with E-state index in [9.17, 15) is 4.79 Å². The Morgan fingerprint density at radius 2 is 1.75 bits per heavy atom. The van der Waals surface area contributed by atoms with Crippen molar-refractivity contribution in [1.29, 1.82) is 0 Å². The first kappa shape index (κ1) is 20.1. The smallest absolute Gasteiger partial charge is 0.254 e. The number of carbonyl (C=O) groups excluding carboxylic acids is 1. The van der Waals surface area contributed by atoms with Gasteiger partial charge in [-0.15, -0.1) is 0 Å². The lowest BCUT2D eigenvalue weighted by Gasteiger charge is -2.36. The van der Waals surface area contributed by atoms with E-state index in [1.165, 1.54) is 11.3 Å². The Morgan fingerprint density at radius 1 is 0.964 bits per heavy atom. The Bertz CT molecular complexity index is 798. The first-order valence-electron chi connectivity index (χ1n) is 10.1. The monoisotopic (exact) mass is 382 g/mol. The summed E-state index contributed by atoms with van der Waals surface area (Å²) in [6, 6.07) is 14.0. The molecule has 28 heavy (non-hydrogen) atoms. The van der Waals surface area contributed by atoms with E-state index in [2.05, 4.69) is 43.0 Å². The molecule has 3 rings (SSSR count). The molecule has 0 saturated carbocycles. The molecule has 0 aromatic heterocycles. The first-order valence-corrected chi connectivity index (χ1v) is 10.1. The molecule has 2 aromatic rings. The Labute approximate surface area is 167 Å². The molecule has 2 aromatic carbocycles. The van der Waals surface area contributed by atoms with E-state index >= 15 is 0 Å². The number of rotatable bonds is 7. The third-order valence-corrected chi connectivity index (χ3v) is 4.89. The van der Waals surface area contributed by atoms with Crippen molar-refractivity contribution in [2.45, 2.75) is 27.2 Å². The summed E-state index contributed by atoms with van der Waals surface area (Å²) in [5, 5.41) is 0. The van der Waals surface area contributed by atoms with Crippen LogP contribution in [0.5, 0.6) is 11.5 Å². The summed E-state index contributed by atoms with van der Waals surface area (Å²) in [6.45, 7) is 10.4. The maximum Gasteiger partial charge on any atom is 0.254 e. The number of hydrogen-bond acceptors (Lipinski definition) is 4. The lowest BCUT2D eigenvalue weighted by Crippen LogP contribution is -2.48. The molecule has 0 unspecified atom stereocenters. The summed E-state index contributed by atoms with van der Waals surface area (Å²) in [5.74, 6) is 1.39. The molecule has 1 aliphatic heterocycles. The summed E-state index contributed by atoms with van der Waals surface area (Å²) >= 11 is 0. The SMILES string of the molecule is CCCOc1ccc(C(=O)N2CCN(c3cccc(C)c3)CC2)cc1OCC. The van der Waals surface area contributed by atoms with E-state index in [0.29, 0.717) is 43.4 Å². The topological polar surface area (TPSA) is 42.0 Å². The maximum absolute atomic E-state index is 13.0. The quantitative estimate of drug-likeness (QED) is 0.722. The number of hydrogen-bond donors (Lipinski definition) is 0. The fraction of sp³-hybridized carbons (Fsp3) is 0.435. The fourth-order valence-electron chi connectivity index (χ4n) is 3.42. The number of piperazine rings is 1. The molecule has 5 nitrogen and oxygen atoms in total. The number of anilines is 1. The number of amides is 1. The van der Waals surface area contributed by atoms with E-state index in [4.69, 9.17) is 9.47 Å². The predicted octanol–water partition coefficient (Wildman–Crippen LogP) is 4.14. The second-order valence-electron chi connectivity index (χ2n) is 7.06. The van der Waals surface area contributed by atoms with Crippen molar-refractivity contribution < 1.29 is 14.3 Å². The van der Waals surface area contributed by atoms with Gasteiger partial charge in [0.2, 0.25) is 0 Å². The third kappa shape index (κ3) is 4.77. The number of nitrogens with zero attached hydrogens (tertiary/aromatic N) is 2. The minimum absolute atomic E-state index is 0.0480. The highest BCUT2D eigenvalue weighted by molar-refractivity contribution is 5.95. The van der Waals surface area contributed by atoms with Crippen LogP contribution >= 0.6 is 0 Å². The molecular formula is C23H30N2O3. The van der Waals surface area contributed by atoms with E-state index in [-0.39, 0.29) is 5.91 Å². The maximum atomic E-state index is 13.0. The van der Waals surface area contributed by atoms with Crippen molar-refractivity contribution >= 4 is 11.6 Å². The highest BCUT2D eigenvalue weighted by Crippen LogP contribution is 2.29. The minimum Gasteiger partial charge on any atom is -0.490 e. The highest BCUT2D eigenvalue weighted by Gasteiger charge is 2.23. The lowest BCUT2D eigenvalue weighted by atomic mass is 10.1. The Kier molecular flexibility index (Phi) is 6.80. The molecule has 1 amide bonds. The number of benzene rings is 2. The molecule has 1 fully saturated rings. The summed E-state index contributed by atoms with van der Waals surface area (Å²) in [4.78, 5) is 17.2. The first-order chi connectivity index (χ1) is 13.6. The largest absolute Gasteiger partial charge is 0.490 e. The molecule has 0 atom stereocenters. The van der Waals surface area contributed by atoms with Crippen LogP contribution in [-0.4, -0.2) is 50.2 Å². The third-order valence-electron chi connectivity index (χ3n) is 4.89. The van der Waals surface area contributed by atoms with Crippen LogP contribution in [0.1, 0.15) is 36.2 Å². The van der Waals surface area contributed by atoms with Gasteiger partial charge in [0.15, 0.2) is 11.5 Å². The van der Waals surface area contributed by atoms with Gasteiger partial charge in [-0.2, -0.15) is 0 Å². The normalized spacial score (nSPS) is 14.1. The van der Waals surface area contributed by atoms with Crippen molar-refractivity contribution in [2.75, 3.05) is 44.3 Å². The van der Waals surface area contributed by atoms with Gasteiger partial charge in [-0.05, 0) is 56.2 Å². The number of carbonyl (C=O) groups is 1. The van der Waals surface area contributed by atoms with Crippen LogP contribution in [0.15, 0.2) is 42.5 Å². The van der Waals surface area contributed by atoms with Crippen molar-refractivity contribution in [3.8, 4) is 11.5 Å². The molecule has 1 aliphatic rings. The van der Waals surface area contributed by atoms with Crippen molar-refractivity contribution in [1.82, 2.24) is 4.90 Å². The summed E-state index contributed by atoms with van der Waals surface area (Å²) in [5.41, 5.74) is 3.13. The van der Waals surface area contributed by atoms with Gasteiger partial charge < -0.3 is 19.3 Å². The van der Waals surface area contributed by atoms with Crippen LogP contribution in [0, 0.1) is 6.92 Å². The molecule has 0 spiro atoms. The minimum atomic E-state index is 0.0480. The molecule has 1 saturated heterocycles. The van der Waals surface area contributed by atoms with Crippen LogP contribution in [0.3, 0.4) is 0 Å². The van der Waals surface area contributed by atoms with Crippen molar-refractivity contribution in [2.24, 2.45) is 0 Å². The molecule has 0 N–H and O–H groups in total. The zero-order valence-electron chi connectivity index (χ0n) is 17.1. The second-order valence-corrected chi connectivity index (χ2v) is 7.06. The average molecular weight is 383 g/mol. The average Bonchev–Trinajstić information content (AvgIpc) is 2.72. The van der Waals surface area contributed by atoms with E-state index in [1.807, 2.05) is 30.0 Å². The zero-order valence-corrected chi connectivity index (χ0v) is 17.1. The van der Waals surface area contributed by atoms with Crippen LogP contribution in [-0.2, 0) is 0 Å². The molecule has 0 aliphatic carbocycles. The van der Waals surface area contributed by atoms with Crippen molar-refractivity contribution in [3.05, 3.63) is 53.6 Å². The predicted molar refractivity (Wildman–Crippen MR) is 113 cm³/mol. The Balaban J connectivity index is 1.66. The fourth-order valence-corrected chi connectivity index (χ4v) is 3.42. The van der Waals surface area contributed by atoms with Crippen LogP contribution in [0.2, 0.25) is 0 Å². The molecule has 5 heteroatoms. The van der Waals surface area contributed by atoms with E-state index < -0.39 is 0 Å². The van der Waals surface area contributed by atoms with Gasteiger partial charge in [0.05, 0.1) is 13.2 Å². The molecule has 150 valence electrons. The standard InChI is InChI=1S/C23H30N2O3/c1-4-15-28-21-10-9-19(17-22(21)27-5-2)23(26)25-13-11-24(12-14-25)20-8-6-7-18(3)16-20/h6-10,16-17H,4-5,11-15H2,1-3H3. The van der Waals surface area contributed by atoms with E-state index in [0.717, 1.165) is 19.5 Å². The zero-order chi connectivity index (χ0) is 19.9. The Hall–Kier alpha value is -2.69. The van der Waals surface area contributed by atoms with Crippen LogP contribution < -0.4 is 14.4 Å². The summed E-state index contributed by atoms with van der Waals surface area (Å²) < 4.78 is 11.4.